The van der Waals surface area contributed by atoms with Crippen LogP contribution < -0.4 is 0 Å². The molecule has 1 aliphatic rings. The van der Waals surface area contributed by atoms with Crippen molar-refractivity contribution in [2.75, 3.05) is 13.1 Å². The molecule has 26 heavy (non-hydrogen) atoms. The molecule has 0 atom stereocenters. The maximum absolute atomic E-state index is 12.6. The summed E-state index contributed by atoms with van der Waals surface area (Å²) in [5, 5.41) is 4.65. The first-order chi connectivity index (χ1) is 12.5. The molecular formula is C20H23N5O. The minimum atomic E-state index is 0.175. The molecule has 0 N–H and O–H groups in total. The van der Waals surface area contributed by atoms with Crippen molar-refractivity contribution >= 4 is 11.7 Å². The first-order valence-electron chi connectivity index (χ1n) is 9.10. The minimum absolute atomic E-state index is 0.175. The number of likely N-dealkylation sites (tertiary alicyclic amines) is 1. The molecule has 1 amide bonds. The number of nitrogens with zero attached hydrogens (tertiary/aromatic N) is 5. The summed E-state index contributed by atoms with van der Waals surface area (Å²) in [6.45, 7) is 7.72. The monoisotopic (exact) mass is 349 g/mol. The molecule has 1 saturated heterocycles. The zero-order valence-corrected chi connectivity index (χ0v) is 15.5. The first kappa shape index (κ1) is 16.7. The van der Waals surface area contributed by atoms with Crippen molar-refractivity contribution in [2.24, 2.45) is 0 Å². The van der Waals surface area contributed by atoms with Crippen LogP contribution in [0.15, 0.2) is 24.3 Å². The third kappa shape index (κ3) is 2.96. The Balaban J connectivity index is 1.72. The maximum atomic E-state index is 12.6. The number of carbonyl (C=O) groups excluding carboxylic acids is 1. The van der Waals surface area contributed by atoms with Gasteiger partial charge in [0.05, 0.1) is 6.42 Å². The van der Waals surface area contributed by atoms with E-state index >= 15 is 0 Å². The third-order valence-electron chi connectivity index (χ3n) is 5.11. The Morgan fingerprint density at radius 3 is 2.62 bits per heavy atom. The number of benzene rings is 1. The molecule has 0 bridgehead atoms. The van der Waals surface area contributed by atoms with Crippen LogP contribution in [0.25, 0.3) is 17.2 Å². The molecular weight excluding hydrogens is 326 g/mol. The van der Waals surface area contributed by atoms with Crippen LogP contribution in [-0.4, -0.2) is 43.5 Å². The van der Waals surface area contributed by atoms with Gasteiger partial charge in [-0.25, -0.2) is 9.50 Å². The molecule has 1 aliphatic heterocycles. The summed E-state index contributed by atoms with van der Waals surface area (Å²) in [5.74, 6) is 1.41. The summed E-state index contributed by atoms with van der Waals surface area (Å²) in [4.78, 5) is 23.7. The van der Waals surface area contributed by atoms with Gasteiger partial charge in [0.25, 0.3) is 5.78 Å². The van der Waals surface area contributed by atoms with Gasteiger partial charge in [-0.05, 0) is 39.7 Å². The van der Waals surface area contributed by atoms with Gasteiger partial charge in [-0.1, -0.05) is 23.8 Å². The van der Waals surface area contributed by atoms with E-state index in [1.54, 1.807) is 4.52 Å². The van der Waals surface area contributed by atoms with Gasteiger partial charge in [-0.3, -0.25) is 4.79 Å². The number of amides is 1. The normalized spacial score (nSPS) is 14.3. The molecule has 3 heterocycles. The highest BCUT2D eigenvalue weighted by Gasteiger charge is 2.21. The van der Waals surface area contributed by atoms with Crippen molar-refractivity contribution in [3.05, 3.63) is 46.8 Å². The van der Waals surface area contributed by atoms with Crippen LogP contribution in [0.3, 0.4) is 0 Å². The standard InChI is InChI=1S/C20H23N5O/c1-13-7-6-8-16(11-13)19-22-20-21-14(2)17(15(3)25(20)23-19)12-18(26)24-9-4-5-10-24/h6-8,11H,4-5,9-10,12H2,1-3H3. The molecule has 2 aromatic heterocycles. The van der Waals surface area contributed by atoms with Gasteiger partial charge in [-0.15, -0.1) is 5.10 Å². The van der Waals surface area contributed by atoms with Gasteiger partial charge >= 0.3 is 0 Å². The fourth-order valence-electron chi connectivity index (χ4n) is 3.60. The quantitative estimate of drug-likeness (QED) is 0.729. The number of aryl methyl sites for hydroxylation is 3. The predicted octanol–water partition coefficient (Wildman–Crippen LogP) is 2.88. The van der Waals surface area contributed by atoms with E-state index in [0.29, 0.717) is 18.0 Å². The lowest BCUT2D eigenvalue weighted by molar-refractivity contribution is -0.129. The highest BCUT2D eigenvalue weighted by atomic mass is 16.2. The number of carbonyl (C=O) groups is 1. The molecule has 4 rings (SSSR count). The van der Waals surface area contributed by atoms with Gasteiger partial charge < -0.3 is 4.90 Å². The summed E-state index contributed by atoms with van der Waals surface area (Å²) < 4.78 is 1.76. The Kier molecular flexibility index (Phi) is 4.18. The molecule has 6 heteroatoms. The van der Waals surface area contributed by atoms with Crippen molar-refractivity contribution < 1.29 is 4.79 Å². The molecule has 0 aliphatic carbocycles. The molecule has 3 aromatic rings. The third-order valence-corrected chi connectivity index (χ3v) is 5.11. The Bertz CT molecular complexity index is 985. The zero-order valence-electron chi connectivity index (χ0n) is 15.5. The van der Waals surface area contributed by atoms with E-state index in [0.717, 1.165) is 48.4 Å². The molecule has 6 nitrogen and oxygen atoms in total. The summed E-state index contributed by atoms with van der Waals surface area (Å²) in [7, 11) is 0. The van der Waals surface area contributed by atoms with E-state index < -0.39 is 0 Å². The number of hydrogen-bond donors (Lipinski definition) is 0. The van der Waals surface area contributed by atoms with E-state index in [4.69, 9.17) is 0 Å². The average molecular weight is 349 g/mol. The van der Waals surface area contributed by atoms with E-state index in [1.165, 1.54) is 5.56 Å². The van der Waals surface area contributed by atoms with E-state index in [9.17, 15) is 4.79 Å². The van der Waals surface area contributed by atoms with Crippen molar-refractivity contribution in [1.82, 2.24) is 24.5 Å². The van der Waals surface area contributed by atoms with Crippen LogP contribution in [-0.2, 0) is 11.2 Å². The molecule has 0 spiro atoms. The Morgan fingerprint density at radius 1 is 1.12 bits per heavy atom. The average Bonchev–Trinajstić information content (AvgIpc) is 3.28. The predicted molar refractivity (Wildman–Crippen MR) is 99.9 cm³/mol. The maximum Gasteiger partial charge on any atom is 0.253 e. The Hall–Kier alpha value is -2.76. The van der Waals surface area contributed by atoms with Crippen molar-refractivity contribution in [1.29, 1.82) is 0 Å². The van der Waals surface area contributed by atoms with Crippen molar-refractivity contribution in [3.63, 3.8) is 0 Å². The lowest BCUT2D eigenvalue weighted by Crippen LogP contribution is -2.29. The van der Waals surface area contributed by atoms with Crippen molar-refractivity contribution in [2.45, 2.75) is 40.0 Å². The van der Waals surface area contributed by atoms with Crippen LogP contribution in [0.2, 0.25) is 0 Å². The minimum Gasteiger partial charge on any atom is -0.342 e. The van der Waals surface area contributed by atoms with Crippen LogP contribution in [0.1, 0.15) is 35.4 Å². The van der Waals surface area contributed by atoms with Gasteiger partial charge in [0.15, 0.2) is 5.82 Å². The smallest absolute Gasteiger partial charge is 0.253 e. The number of hydrogen-bond acceptors (Lipinski definition) is 4. The fourth-order valence-corrected chi connectivity index (χ4v) is 3.60. The fraction of sp³-hybridized carbons (Fsp3) is 0.400. The number of aromatic nitrogens is 4. The first-order valence-corrected chi connectivity index (χ1v) is 9.10. The molecule has 134 valence electrons. The molecule has 1 aromatic carbocycles. The SMILES string of the molecule is Cc1cccc(-c2nc3nc(C)c(CC(=O)N4CCCC4)c(C)n3n2)c1. The summed E-state index contributed by atoms with van der Waals surface area (Å²) in [5.41, 5.74) is 4.88. The number of rotatable bonds is 3. The molecule has 0 saturated carbocycles. The lowest BCUT2D eigenvalue weighted by Gasteiger charge is -2.17. The lowest BCUT2D eigenvalue weighted by atomic mass is 10.1. The van der Waals surface area contributed by atoms with Gasteiger partial charge in [-0.2, -0.15) is 4.98 Å². The van der Waals surface area contributed by atoms with Gasteiger partial charge in [0, 0.05) is 35.6 Å². The second-order valence-corrected chi connectivity index (χ2v) is 7.04. The van der Waals surface area contributed by atoms with Crippen molar-refractivity contribution in [3.8, 4) is 11.4 Å². The second kappa shape index (κ2) is 6.52. The number of fused-ring (bicyclic) bond motifs is 1. The van der Waals surface area contributed by atoms with Crippen LogP contribution in [0.5, 0.6) is 0 Å². The molecule has 0 radical (unpaired) electrons. The van der Waals surface area contributed by atoms with Gasteiger partial charge in [0.2, 0.25) is 5.91 Å². The highest BCUT2D eigenvalue weighted by Crippen LogP contribution is 2.21. The van der Waals surface area contributed by atoms with Crippen LogP contribution in [0.4, 0.5) is 0 Å². The Labute approximate surface area is 152 Å². The second-order valence-electron chi connectivity index (χ2n) is 7.04. The Morgan fingerprint density at radius 2 is 1.88 bits per heavy atom. The summed E-state index contributed by atoms with van der Waals surface area (Å²) in [6, 6.07) is 8.12. The zero-order chi connectivity index (χ0) is 18.3. The topological polar surface area (TPSA) is 63.4 Å². The summed E-state index contributed by atoms with van der Waals surface area (Å²) >= 11 is 0. The molecule has 1 fully saturated rings. The van der Waals surface area contributed by atoms with Gasteiger partial charge in [0.1, 0.15) is 0 Å². The molecule has 0 unspecified atom stereocenters. The van der Waals surface area contributed by atoms with Crippen LogP contribution >= 0.6 is 0 Å². The van der Waals surface area contributed by atoms with E-state index in [2.05, 4.69) is 34.1 Å². The van der Waals surface area contributed by atoms with E-state index in [-0.39, 0.29) is 5.91 Å². The summed E-state index contributed by atoms with van der Waals surface area (Å²) in [6.07, 6.45) is 2.58. The highest BCUT2D eigenvalue weighted by molar-refractivity contribution is 5.79. The van der Waals surface area contributed by atoms with Crippen LogP contribution in [0, 0.1) is 20.8 Å². The largest absolute Gasteiger partial charge is 0.342 e. The van der Waals surface area contributed by atoms with E-state index in [1.807, 2.05) is 30.9 Å².